The Kier molecular flexibility index (Phi) is 4.67. The fourth-order valence-electron chi connectivity index (χ4n) is 3.31. The average Bonchev–Trinajstić information content (AvgIpc) is 2.74. The zero-order valence-corrected chi connectivity index (χ0v) is 13.0. The molecule has 2 heterocycles. The highest BCUT2D eigenvalue weighted by atomic mass is 16.6. The highest BCUT2D eigenvalue weighted by Gasteiger charge is 2.65. The Morgan fingerprint density at radius 1 is 1.39 bits per heavy atom. The highest BCUT2D eigenvalue weighted by Crippen LogP contribution is 2.48. The van der Waals surface area contributed by atoms with Gasteiger partial charge in [-0.1, -0.05) is 20.3 Å². The number of aliphatic hydroxyl groups excluding tert-OH is 2. The van der Waals surface area contributed by atoms with Gasteiger partial charge in [0.25, 0.3) is 5.56 Å². The minimum atomic E-state index is -1.88. The average molecular weight is 330 g/mol. The lowest BCUT2D eigenvalue weighted by molar-refractivity contribution is -0.204. The van der Waals surface area contributed by atoms with Crippen molar-refractivity contribution in [2.75, 3.05) is 6.61 Å². The summed E-state index contributed by atoms with van der Waals surface area (Å²) in [6, 6.07) is 0. The summed E-state index contributed by atoms with van der Waals surface area (Å²) in [6.07, 6.45) is -1.05. The second kappa shape index (κ2) is 6.08. The first-order valence-electron chi connectivity index (χ1n) is 7.52. The smallest absolute Gasteiger partial charge is 0.330 e. The maximum absolute atomic E-state index is 12.2. The molecule has 0 unspecified atom stereocenters. The summed E-state index contributed by atoms with van der Waals surface area (Å²) in [5.74, 6) is -0.718. The van der Waals surface area contributed by atoms with E-state index in [4.69, 9.17) is 4.74 Å². The summed E-state index contributed by atoms with van der Waals surface area (Å²) in [6.45, 7) is 2.84. The van der Waals surface area contributed by atoms with Crippen molar-refractivity contribution in [2.45, 2.75) is 56.6 Å². The van der Waals surface area contributed by atoms with Gasteiger partial charge in [-0.25, -0.2) is 4.79 Å². The third kappa shape index (κ3) is 2.40. The van der Waals surface area contributed by atoms with Gasteiger partial charge in [0.2, 0.25) is 0 Å². The van der Waals surface area contributed by atoms with E-state index in [1.807, 2.05) is 4.98 Å². The van der Waals surface area contributed by atoms with E-state index in [1.165, 1.54) is 0 Å². The third-order valence-electron chi connectivity index (χ3n) is 4.48. The van der Waals surface area contributed by atoms with Crippen molar-refractivity contribution in [3.63, 3.8) is 0 Å². The van der Waals surface area contributed by atoms with Crippen LogP contribution in [0.25, 0.3) is 0 Å². The Labute approximate surface area is 131 Å². The van der Waals surface area contributed by atoms with Gasteiger partial charge in [0.1, 0.15) is 17.8 Å². The molecule has 0 aromatic carbocycles. The lowest BCUT2D eigenvalue weighted by Gasteiger charge is -2.42. The molecule has 0 radical (unpaired) electrons. The number of hydrogen-bond donors (Lipinski definition) is 5. The van der Waals surface area contributed by atoms with E-state index >= 15 is 0 Å². The second-order valence-electron chi connectivity index (χ2n) is 5.74. The molecule has 0 spiro atoms. The van der Waals surface area contributed by atoms with E-state index < -0.39 is 47.1 Å². The van der Waals surface area contributed by atoms with Crippen LogP contribution in [-0.4, -0.2) is 54.4 Å². The zero-order valence-electron chi connectivity index (χ0n) is 13.0. The zero-order chi connectivity index (χ0) is 17.4. The number of ether oxygens (including phenoxy) is 1. The SMILES string of the molecule is CCC[C@@]1(n2cc(O)c(=O)[nH]c2=O)O[C@H](CO)[C@@H](O)[C@]1(O)CC. The molecule has 0 bridgehead atoms. The van der Waals surface area contributed by atoms with Crippen molar-refractivity contribution in [1.29, 1.82) is 0 Å². The van der Waals surface area contributed by atoms with E-state index in [1.54, 1.807) is 13.8 Å². The van der Waals surface area contributed by atoms with Crippen molar-refractivity contribution in [3.8, 4) is 5.75 Å². The number of nitrogens with one attached hydrogen (secondary N) is 1. The van der Waals surface area contributed by atoms with Gasteiger partial charge >= 0.3 is 5.69 Å². The fraction of sp³-hybridized carbons (Fsp3) is 0.714. The molecule has 1 aromatic heterocycles. The van der Waals surface area contributed by atoms with Gasteiger partial charge in [0, 0.05) is 0 Å². The van der Waals surface area contributed by atoms with Crippen molar-refractivity contribution in [1.82, 2.24) is 9.55 Å². The van der Waals surface area contributed by atoms with Crippen LogP contribution in [0.2, 0.25) is 0 Å². The van der Waals surface area contributed by atoms with Crippen LogP contribution in [0.5, 0.6) is 5.75 Å². The lowest BCUT2D eigenvalue weighted by Crippen LogP contribution is -2.60. The van der Waals surface area contributed by atoms with Crippen molar-refractivity contribution >= 4 is 0 Å². The largest absolute Gasteiger partial charge is 0.502 e. The van der Waals surface area contributed by atoms with Crippen LogP contribution in [0, 0.1) is 0 Å². The summed E-state index contributed by atoms with van der Waals surface area (Å²) in [5, 5.41) is 40.4. The minimum Gasteiger partial charge on any atom is -0.502 e. The number of aromatic amines is 1. The van der Waals surface area contributed by atoms with Crippen LogP contribution >= 0.6 is 0 Å². The fourth-order valence-corrected chi connectivity index (χ4v) is 3.31. The molecule has 0 aliphatic carbocycles. The molecule has 130 valence electrons. The maximum Gasteiger partial charge on any atom is 0.330 e. The third-order valence-corrected chi connectivity index (χ3v) is 4.48. The van der Waals surface area contributed by atoms with Crippen molar-refractivity contribution < 1.29 is 25.2 Å². The molecule has 1 aliphatic rings. The monoisotopic (exact) mass is 330 g/mol. The first-order valence-corrected chi connectivity index (χ1v) is 7.52. The molecule has 1 fully saturated rings. The number of hydrogen-bond acceptors (Lipinski definition) is 7. The van der Waals surface area contributed by atoms with Gasteiger partial charge in [0.15, 0.2) is 11.5 Å². The molecule has 9 nitrogen and oxygen atoms in total. The van der Waals surface area contributed by atoms with Gasteiger partial charge in [-0.3, -0.25) is 14.3 Å². The molecular weight excluding hydrogens is 308 g/mol. The predicted molar refractivity (Wildman–Crippen MR) is 79.1 cm³/mol. The molecule has 9 heteroatoms. The van der Waals surface area contributed by atoms with Crippen LogP contribution in [0.3, 0.4) is 0 Å². The van der Waals surface area contributed by atoms with E-state index in [0.29, 0.717) is 6.42 Å². The number of aromatic hydroxyl groups is 1. The Morgan fingerprint density at radius 2 is 2.04 bits per heavy atom. The summed E-state index contributed by atoms with van der Waals surface area (Å²) in [7, 11) is 0. The first-order chi connectivity index (χ1) is 10.8. The van der Waals surface area contributed by atoms with Crippen LogP contribution in [0.4, 0.5) is 0 Å². The summed E-state index contributed by atoms with van der Waals surface area (Å²) in [5.41, 5.74) is -5.46. The van der Waals surface area contributed by atoms with Crippen molar-refractivity contribution in [2.24, 2.45) is 0 Å². The topological polar surface area (TPSA) is 145 Å². The molecule has 0 saturated carbocycles. The molecule has 5 N–H and O–H groups in total. The van der Waals surface area contributed by atoms with Crippen molar-refractivity contribution in [3.05, 3.63) is 27.0 Å². The standard InChI is InChI=1S/C14H22N2O7/c1-3-5-14(16-6-8(18)11(20)15-12(16)21)13(22,4-2)10(19)9(7-17)23-14/h6,9-10,17-19,22H,3-5,7H2,1-2H3,(H,15,20,21)/t9-,10-,13-,14-/m1/s1. The molecule has 23 heavy (non-hydrogen) atoms. The Morgan fingerprint density at radius 3 is 2.57 bits per heavy atom. The Balaban J connectivity index is 2.76. The van der Waals surface area contributed by atoms with Crippen LogP contribution < -0.4 is 11.2 Å². The van der Waals surface area contributed by atoms with Gasteiger partial charge in [0.05, 0.1) is 12.8 Å². The molecular formula is C14H22N2O7. The van der Waals surface area contributed by atoms with E-state index in [2.05, 4.69) is 0 Å². The van der Waals surface area contributed by atoms with Crippen LogP contribution in [0.1, 0.15) is 33.1 Å². The minimum absolute atomic E-state index is 0.0248. The van der Waals surface area contributed by atoms with Crippen LogP contribution in [0.15, 0.2) is 15.8 Å². The molecule has 1 aliphatic heterocycles. The normalized spacial score (nSPS) is 34.0. The lowest BCUT2D eigenvalue weighted by atomic mass is 9.81. The van der Waals surface area contributed by atoms with Gasteiger partial charge < -0.3 is 25.2 Å². The van der Waals surface area contributed by atoms with Gasteiger partial charge in [-0.2, -0.15) is 0 Å². The van der Waals surface area contributed by atoms with E-state index in [-0.39, 0.29) is 12.8 Å². The summed E-state index contributed by atoms with van der Waals surface area (Å²) < 4.78 is 6.58. The van der Waals surface area contributed by atoms with Crippen LogP contribution in [-0.2, 0) is 10.5 Å². The van der Waals surface area contributed by atoms with Gasteiger partial charge in [-0.15, -0.1) is 0 Å². The quantitative estimate of drug-likeness (QED) is 0.446. The number of aromatic nitrogens is 2. The maximum atomic E-state index is 12.2. The first kappa shape index (κ1) is 17.7. The number of aliphatic hydroxyl groups is 3. The van der Waals surface area contributed by atoms with E-state index in [9.17, 15) is 30.0 Å². The molecule has 1 saturated heterocycles. The van der Waals surface area contributed by atoms with Gasteiger partial charge in [-0.05, 0) is 12.8 Å². The van der Waals surface area contributed by atoms with E-state index in [0.717, 1.165) is 10.8 Å². The number of nitrogens with zero attached hydrogens (tertiary/aromatic N) is 1. The molecule has 2 rings (SSSR count). The Bertz CT molecular complexity index is 684. The molecule has 4 atom stereocenters. The Hall–Kier alpha value is -1.68. The summed E-state index contributed by atoms with van der Waals surface area (Å²) in [4.78, 5) is 25.5. The highest BCUT2D eigenvalue weighted by molar-refractivity contribution is 5.16. The second-order valence-corrected chi connectivity index (χ2v) is 5.74. The number of H-pyrrole nitrogens is 1. The summed E-state index contributed by atoms with van der Waals surface area (Å²) >= 11 is 0. The molecule has 1 aromatic rings. The predicted octanol–water partition coefficient (Wildman–Crippen LogP) is -1.41. The number of rotatable bonds is 5. The molecule has 0 amide bonds.